The minimum atomic E-state index is -0.699. The van der Waals surface area contributed by atoms with Crippen molar-refractivity contribution in [3.8, 4) is 5.75 Å². The van der Waals surface area contributed by atoms with E-state index in [2.05, 4.69) is 0 Å². The molecule has 2 amide bonds. The molecule has 1 heterocycles. The molecule has 0 fully saturated rings. The van der Waals surface area contributed by atoms with Gasteiger partial charge in [0.15, 0.2) is 0 Å². The van der Waals surface area contributed by atoms with Crippen molar-refractivity contribution in [2.75, 3.05) is 4.90 Å². The number of rotatable bonds is 4. The molecular formula is C22H15NO5. The van der Waals surface area contributed by atoms with Gasteiger partial charge in [-0.25, -0.2) is 9.69 Å². The van der Waals surface area contributed by atoms with E-state index in [0.717, 1.165) is 4.90 Å². The molecule has 0 atom stereocenters. The van der Waals surface area contributed by atoms with Crippen molar-refractivity contribution in [1.82, 2.24) is 0 Å². The van der Waals surface area contributed by atoms with Crippen LogP contribution in [0, 0.1) is 0 Å². The van der Waals surface area contributed by atoms with Gasteiger partial charge in [0.25, 0.3) is 11.8 Å². The fraction of sp³-hybridized carbons (Fsp3) is 0.0455. The third-order valence-electron chi connectivity index (χ3n) is 4.51. The molecule has 1 N–H and O–H groups in total. The SMILES string of the molecule is O=C(OCc1ccccc1N1C(=O)c2ccccc2C1=O)c1ccccc1O. The first-order valence-electron chi connectivity index (χ1n) is 8.59. The van der Waals surface area contributed by atoms with E-state index in [1.165, 1.54) is 12.1 Å². The highest BCUT2D eigenvalue weighted by atomic mass is 16.5. The summed E-state index contributed by atoms with van der Waals surface area (Å²) < 4.78 is 5.29. The fourth-order valence-corrected chi connectivity index (χ4v) is 3.13. The molecular weight excluding hydrogens is 358 g/mol. The molecule has 6 nitrogen and oxygen atoms in total. The summed E-state index contributed by atoms with van der Waals surface area (Å²) in [7, 11) is 0. The number of fused-ring (bicyclic) bond motifs is 1. The van der Waals surface area contributed by atoms with Crippen LogP contribution in [0.15, 0.2) is 72.8 Å². The number of carbonyl (C=O) groups is 3. The summed E-state index contributed by atoms with van der Waals surface area (Å²) in [6.07, 6.45) is 0. The lowest BCUT2D eigenvalue weighted by Crippen LogP contribution is -2.30. The lowest BCUT2D eigenvalue weighted by Gasteiger charge is -2.18. The van der Waals surface area contributed by atoms with Crippen molar-refractivity contribution in [3.63, 3.8) is 0 Å². The Balaban J connectivity index is 1.60. The zero-order valence-electron chi connectivity index (χ0n) is 14.7. The van der Waals surface area contributed by atoms with E-state index < -0.39 is 17.8 Å². The van der Waals surface area contributed by atoms with Crippen LogP contribution in [-0.4, -0.2) is 22.9 Å². The number of hydrogen-bond acceptors (Lipinski definition) is 5. The Labute approximate surface area is 160 Å². The number of aromatic hydroxyl groups is 1. The standard InChI is InChI=1S/C22H15NO5/c24-19-12-6-4-10-17(19)22(27)28-13-14-7-1-5-11-18(14)23-20(25)15-8-2-3-9-16(15)21(23)26/h1-12,24H,13H2. The van der Waals surface area contributed by atoms with Crippen LogP contribution >= 0.6 is 0 Å². The van der Waals surface area contributed by atoms with Crippen molar-refractivity contribution in [2.24, 2.45) is 0 Å². The second-order valence-corrected chi connectivity index (χ2v) is 6.21. The monoisotopic (exact) mass is 373 g/mol. The first-order valence-corrected chi connectivity index (χ1v) is 8.59. The van der Waals surface area contributed by atoms with Crippen molar-refractivity contribution in [2.45, 2.75) is 6.61 Å². The number of hydrogen-bond donors (Lipinski definition) is 1. The van der Waals surface area contributed by atoms with Crippen molar-refractivity contribution in [3.05, 3.63) is 95.1 Å². The number of phenols is 1. The molecule has 4 rings (SSSR count). The van der Waals surface area contributed by atoms with Gasteiger partial charge < -0.3 is 9.84 Å². The summed E-state index contributed by atoms with van der Waals surface area (Å²) in [6, 6.07) is 19.4. The summed E-state index contributed by atoms with van der Waals surface area (Å²) >= 11 is 0. The first-order chi connectivity index (χ1) is 13.6. The number of benzene rings is 3. The maximum atomic E-state index is 12.7. The van der Waals surface area contributed by atoms with Gasteiger partial charge in [0.2, 0.25) is 0 Å². The summed E-state index contributed by atoms with van der Waals surface area (Å²) in [5.41, 5.74) is 1.59. The fourth-order valence-electron chi connectivity index (χ4n) is 3.13. The number of anilines is 1. The zero-order chi connectivity index (χ0) is 19.7. The molecule has 0 saturated heterocycles. The summed E-state index contributed by atoms with van der Waals surface area (Å²) in [4.78, 5) is 38.8. The Morgan fingerprint density at radius 1 is 0.821 bits per heavy atom. The third-order valence-corrected chi connectivity index (χ3v) is 4.51. The Kier molecular flexibility index (Phi) is 4.37. The smallest absolute Gasteiger partial charge is 0.342 e. The largest absolute Gasteiger partial charge is 0.507 e. The summed E-state index contributed by atoms with van der Waals surface area (Å²) in [5, 5.41) is 9.78. The van der Waals surface area contributed by atoms with E-state index in [1.54, 1.807) is 60.7 Å². The highest BCUT2D eigenvalue weighted by molar-refractivity contribution is 6.34. The van der Waals surface area contributed by atoms with Crippen LogP contribution < -0.4 is 4.90 Å². The second kappa shape index (κ2) is 7.00. The van der Waals surface area contributed by atoms with Gasteiger partial charge in [-0.05, 0) is 30.3 Å². The Morgan fingerprint density at radius 2 is 1.39 bits per heavy atom. The van der Waals surface area contributed by atoms with Crippen LogP contribution in [0.3, 0.4) is 0 Å². The van der Waals surface area contributed by atoms with Crippen LogP contribution in [0.25, 0.3) is 0 Å². The highest BCUT2D eigenvalue weighted by Crippen LogP contribution is 2.31. The van der Waals surface area contributed by atoms with E-state index in [4.69, 9.17) is 4.74 Å². The molecule has 0 bridgehead atoms. The third kappa shape index (κ3) is 2.91. The van der Waals surface area contributed by atoms with Crippen LogP contribution in [0.2, 0.25) is 0 Å². The molecule has 1 aliphatic heterocycles. The molecule has 1 aliphatic rings. The molecule has 3 aromatic rings. The average Bonchev–Trinajstić information content (AvgIpc) is 2.97. The Hall–Kier alpha value is -3.93. The van der Waals surface area contributed by atoms with Crippen molar-refractivity contribution < 1.29 is 24.2 Å². The summed E-state index contributed by atoms with van der Waals surface area (Å²) in [6.45, 7) is -0.156. The molecule has 0 radical (unpaired) electrons. The normalized spacial score (nSPS) is 12.8. The van der Waals surface area contributed by atoms with E-state index >= 15 is 0 Å². The minimum absolute atomic E-state index is 0.0423. The van der Waals surface area contributed by atoms with Crippen LogP contribution in [0.4, 0.5) is 5.69 Å². The number of imide groups is 1. The Morgan fingerprint density at radius 3 is 2.07 bits per heavy atom. The van der Waals surface area contributed by atoms with Gasteiger partial charge in [-0.3, -0.25) is 9.59 Å². The predicted molar refractivity (Wildman–Crippen MR) is 101 cm³/mol. The van der Waals surface area contributed by atoms with Gasteiger partial charge in [-0.1, -0.05) is 42.5 Å². The van der Waals surface area contributed by atoms with Gasteiger partial charge in [0.05, 0.1) is 16.8 Å². The molecule has 28 heavy (non-hydrogen) atoms. The zero-order valence-corrected chi connectivity index (χ0v) is 14.7. The molecule has 0 aliphatic carbocycles. The summed E-state index contributed by atoms with van der Waals surface area (Å²) in [5.74, 6) is -1.71. The quantitative estimate of drug-likeness (QED) is 0.558. The van der Waals surface area contributed by atoms with E-state index in [9.17, 15) is 19.5 Å². The molecule has 6 heteroatoms. The molecule has 0 saturated carbocycles. The molecule has 0 aromatic heterocycles. The number of nitrogens with zero attached hydrogens (tertiary/aromatic N) is 1. The lowest BCUT2D eigenvalue weighted by molar-refractivity contribution is 0.0470. The Bertz CT molecular complexity index is 1070. The number of ether oxygens (including phenoxy) is 1. The number of para-hydroxylation sites is 2. The number of carbonyl (C=O) groups excluding carboxylic acids is 3. The molecule has 138 valence electrons. The maximum Gasteiger partial charge on any atom is 0.342 e. The van der Waals surface area contributed by atoms with Crippen molar-refractivity contribution >= 4 is 23.5 Å². The molecule has 3 aromatic carbocycles. The number of esters is 1. The molecule has 0 unspecified atom stereocenters. The van der Waals surface area contributed by atoms with Gasteiger partial charge >= 0.3 is 5.97 Å². The topological polar surface area (TPSA) is 83.9 Å². The molecule has 0 spiro atoms. The van der Waals surface area contributed by atoms with Crippen molar-refractivity contribution in [1.29, 1.82) is 0 Å². The number of phenolic OH excluding ortho intramolecular Hbond substituents is 1. The second-order valence-electron chi connectivity index (χ2n) is 6.21. The van der Waals surface area contributed by atoms with Crippen LogP contribution in [0.1, 0.15) is 36.6 Å². The van der Waals surface area contributed by atoms with Gasteiger partial charge in [0, 0.05) is 5.56 Å². The maximum absolute atomic E-state index is 12.7. The predicted octanol–water partition coefficient (Wildman–Crippen LogP) is 3.55. The van der Waals surface area contributed by atoms with E-state index in [1.807, 2.05) is 0 Å². The van der Waals surface area contributed by atoms with Gasteiger partial charge in [-0.15, -0.1) is 0 Å². The average molecular weight is 373 g/mol. The van der Waals surface area contributed by atoms with E-state index in [0.29, 0.717) is 22.4 Å². The first kappa shape index (κ1) is 17.5. The highest BCUT2D eigenvalue weighted by Gasteiger charge is 2.37. The van der Waals surface area contributed by atoms with Gasteiger partial charge in [-0.2, -0.15) is 0 Å². The van der Waals surface area contributed by atoms with E-state index in [-0.39, 0.29) is 17.9 Å². The lowest BCUT2D eigenvalue weighted by atomic mass is 10.1. The van der Waals surface area contributed by atoms with Crippen LogP contribution in [0.5, 0.6) is 5.75 Å². The minimum Gasteiger partial charge on any atom is -0.507 e. The number of amides is 2. The van der Waals surface area contributed by atoms with Crippen LogP contribution in [-0.2, 0) is 11.3 Å². The van der Waals surface area contributed by atoms with Gasteiger partial charge in [0.1, 0.15) is 17.9 Å².